The van der Waals surface area contributed by atoms with Crippen LogP contribution in [0, 0.1) is 0 Å². The van der Waals surface area contributed by atoms with Crippen LogP contribution < -0.4 is 0 Å². The molecule has 0 amide bonds. The van der Waals surface area contributed by atoms with Crippen LogP contribution in [0.1, 0.15) is 12.6 Å². The lowest BCUT2D eigenvalue weighted by Gasteiger charge is -2.00. The molecule has 0 atom stereocenters. The Balaban J connectivity index is 2.29. The van der Waals surface area contributed by atoms with Crippen molar-refractivity contribution in [1.82, 2.24) is 4.98 Å². The average Bonchev–Trinajstić information content (AvgIpc) is 2.57. The quantitative estimate of drug-likeness (QED) is 0.787. The molecule has 2 rings (SSSR count). The van der Waals surface area contributed by atoms with E-state index in [-0.39, 0.29) is 12.6 Å². The van der Waals surface area contributed by atoms with Gasteiger partial charge in [0, 0.05) is 12.3 Å². The standard InChI is InChI=1S/C10H8BrNO3/c1-6(13)14-4-7-2-8-9(11)5-15-10(8)3-12-7/h2-3,5H,4H2,1H3. The zero-order chi connectivity index (χ0) is 10.8. The summed E-state index contributed by atoms with van der Waals surface area (Å²) in [5.74, 6) is -0.317. The number of aromatic nitrogens is 1. The molecule has 2 aromatic rings. The van der Waals surface area contributed by atoms with E-state index in [0.29, 0.717) is 11.3 Å². The first-order valence-corrected chi connectivity index (χ1v) is 5.11. The largest absolute Gasteiger partial charge is 0.461 e. The first kappa shape index (κ1) is 10.2. The highest BCUT2D eigenvalue weighted by atomic mass is 79.9. The van der Waals surface area contributed by atoms with E-state index in [2.05, 4.69) is 20.9 Å². The van der Waals surface area contributed by atoms with Crippen molar-refractivity contribution in [2.24, 2.45) is 0 Å². The van der Waals surface area contributed by atoms with E-state index < -0.39 is 0 Å². The summed E-state index contributed by atoms with van der Waals surface area (Å²) in [6, 6.07) is 1.83. The second-order valence-electron chi connectivity index (χ2n) is 3.04. The summed E-state index contributed by atoms with van der Waals surface area (Å²) in [6.45, 7) is 1.55. The van der Waals surface area contributed by atoms with Gasteiger partial charge in [0.2, 0.25) is 0 Å². The van der Waals surface area contributed by atoms with E-state index in [1.165, 1.54) is 6.92 Å². The molecular weight excluding hydrogens is 262 g/mol. The zero-order valence-corrected chi connectivity index (χ0v) is 9.58. The van der Waals surface area contributed by atoms with Crippen LogP contribution in [0.2, 0.25) is 0 Å². The summed E-state index contributed by atoms with van der Waals surface area (Å²) in [4.78, 5) is 14.7. The molecule has 0 aliphatic heterocycles. The summed E-state index contributed by atoms with van der Waals surface area (Å²) < 4.78 is 10.9. The molecule has 0 bridgehead atoms. The van der Waals surface area contributed by atoms with Gasteiger partial charge in [-0.3, -0.25) is 9.78 Å². The summed E-state index contributed by atoms with van der Waals surface area (Å²) in [5.41, 5.74) is 1.40. The molecule has 4 nitrogen and oxygen atoms in total. The highest BCUT2D eigenvalue weighted by Crippen LogP contribution is 2.25. The van der Waals surface area contributed by atoms with Crippen molar-refractivity contribution in [3.63, 3.8) is 0 Å². The highest BCUT2D eigenvalue weighted by molar-refractivity contribution is 9.10. The molecule has 0 saturated heterocycles. The predicted molar refractivity (Wildman–Crippen MR) is 57.2 cm³/mol. The predicted octanol–water partition coefficient (Wildman–Crippen LogP) is 2.65. The summed E-state index contributed by atoms with van der Waals surface area (Å²) in [7, 11) is 0. The van der Waals surface area contributed by atoms with E-state index in [0.717, 1.165) is 9.86 Å². The van der Waals surface area contributed by atoms with Crippen molar-refractivity contribution in [3.05, 3.63) is 28.7 Å². The van der Waals surface area contributed by atoms with Gasteiger partial charge < -0.3 is 9.15 Å². The maximum Gasteiger partial charge on any atom is 0.303 e. The van der Waals surface area contributed by atoms with E-state index in [1.807, 2.05) is 6.07 Å². The van der Waals surface area contributed by atoms with Crippen molar-refractivity contribution < 1.29 is 13.9 Å². The lowest BCUT2D eigenvalue weighted by Crippen LogP contribution is -2.00. The Morgan fingerprint density at radius 2 is 2.47 bits per heavy atom. The maximum absolute atomic E-state index is 10.6. The number of hydrogen-bond acceptors (Lipinski definition) is 4. The van der Waals surface area contributed by atoms with Crippen LogP contribution in [0.15, 0.2) is 27.4 Å². The van der Waals surface area contributed by atoms with Gasteiger partial charge in [0.15, 0.2) is 5.58 Å². The van der Waals surface area contributed by atoms with E-state index in [1.54, 1.807) is 12.5 Å². The molecule has 0 aromatic carbocycles. The fourth-order valence-corrected chi connectivity index (χ4v) is 1.60. The molecule has 78 valence electrons. The second kappa shape index (κ2) is 4.02. The molecule has 0 aliphatic rings. The van der Waals surface area contributed by atoms with Crippen LogP contribution in [-0.4, -0.2) is 11.0 Å². The Bertz CT molecular complexity index is 506. The molecule has 0 saturated carbocycles. The molecule has 0 N–H and O–H groups in total. The number of esters is 1. The summed E-state index contributed by atoms with van der Waals surface area (Å²) in [5, 5.41) is 0.923. The van der Waals surface area contributed by atoms with E-state index in [9.17, 15) is 4.79 Å². The van der Waals surface area contributed by atoms with Crippen LogP contribution in [-0.2, 0) is 16.1 Å². The molecule has 2 aromatic heterocycles. The van der Waals surface area contributed by atoms with Gasteiger partial charge in [-0.15, -0.1) is 0 Å². The number of furan rings is 1. The van der Waals surface area contributed by atoms with E-state index >= 15 is 0 Å². The van der Waals surface area contributed by atoms with E-state index in [4.69, 9.17) is 9.15 Å². The number of carbonyl (C=O) groups is 1. The number of hydrogen-bond donors (Lipinski definition) is 0. The van der Waals surface area contributed by atoms with Gasteiger partial charge >= 0.3 is 5.97 Å². The number of carbonyl (C=O) groups excluding carboxylic acids is 1. The minimum absolute atomic E-state index is 0.183. The maximum atomic E-state index is 10.6. The molecular formula is C10H8BrNO3. The molecule has 0 radical (unpaired) electrons. The zero-order valence-electron chi connectivity index (χ0n) is 7.99. The highest BCUT2D eigenvalue weighted by Gasteiger charge is 2.06. The van der Waals surface area contributed by atoms with Crippen LogP contribution in [0.4, 0.5) is 0 Å². The minimum Gasteiger partial charge on any atom is -0.461 e. The Morgan fingerprint density at radius 1 is 1.67 bits per heavy atom. The van der Waals surface area contributed by atoms with Crippen molar-refractivity contribution in [2.45, 2.75) is 13.5 Å². The van der Waals surface area contributed by atoms with Gasteiger partial charge in [-0.1, -0.05) is 0 Å². The molecule has 0 aliphatic carbocycles. The van der Waals surface area contributed by atoms with Crippen LogP contribution >= 0.6 is 15.9 Å². The average molecular weight is 270 g/mol. The smallest absolute Gasteiger partial charge is 0.303 e. The normalized spacial score (nSPS) is 10.5. The number of pyridine rings is 1. The first-order chi connectivity index (χ1) is 7.16. The van der Waals surface area contributed by atoms with Crippen LogP contribution in [0.5, 0.6) is 0 Å². The molecule has 0 unspecified atom stereocenters. The number of nitrogens with zero attached hydrogens (tertiary/aromatic N) is 1. The van der Waals surface area contributed by atoms with Gasteiger partial charge in [0.05, 0.1) is 16.4 Å². The topological polar surface area (TPSA) is 52.3 Å². The van der Waals surface area contributed by atoms with Crippen molar-refractivity contribution >= 4 is 32.9 Å². The number of ether oxygens (including phenoxy) is 1. The lowest BCUT2D eigenvalue weighted by atomic mass is 10.3. The summed E-state index contributed by atoms with van der Waals surface area (Å²) in [6.07, 6.45) is 3.21. The summed E-state index contributed by atoms with van der Waals surface area (Å²) >= 11 is 3.35. The SMILES string of the molecule is CC(=O)OCc1cc2c(Br)coc2cn1. The first-order valence-electron chi connectivity index (χ1n) is 4.32. The van der Waals surface area contributed by atoms with Crippen molar-refractivity contribution in [2.75, 3.05) is 0 Å². The number of fused-ring (bicyclic) bond motifs is 1. The Morgan fingerprint density at radius 3 is 3.20 bits per heavy atom. The molecule has 0 spiro atoms. The fraction of sp³-hybridized carbons (Fsp3) is 0.200. The van der Waals surface area contributed by atoms with Gasteiger partial charge in [-0.25, -0.2) is 0 Å². The fourth-order valence-electron chi connectivity index (χ4n) is 1.20. The van der Waals surface area contributed by atoms with Gasteiger partial charge in [-0.2, -0.15) is 0 Å². The molecule has 2 heterocycles. The minimum atomic E-state index is -0.317. The van der Waals surface area contributed by atoms with Gasteiger partial charge in [0.1, 0.15) is 12.9 Å². The Kier molecular flexibility index (Phi) is 2.73. The third kappa shape index (κ3) is 2.18. The van der Waals surface area contributed by atoms with Crippen LogP contribution in [0.25, 0.3) is 11.0 Å². The number of halogens is 1. The molecule has 5 heteroatoms. The van der Waals surface area contributed by atoms with Gasteiger partial charge in [-0.05, 0) is 22.0 Å². The lowest BCUT2D eigenvalue weighted by molar-refractivity contribution is -0.142. The molecule has 15 heavy (non-hydrogen) atoms. The Hall–Kier alpha value is -1.36. The third-order valence-electron chi connectivity index (χ3n) is 1.89. The Labute approximate surface area is 94.4 Å². The van der Waals surface area contributed by atoms with Crippen LogP contribution in [0.3, 0.4) is 0 Å². The monoisotopic (exact) mass is 269 g/mol. The molecule has 0 fully saturated rings. The number of rotatable bonds is 2. The third-order valence-corrected chi connectivity index (χ3v) is 2.51. The van der Waals surface area contributed by atoms with Crippen molar-refractivity contribution in [1.29, 1.82) is 0 Å². The van der Waals surface area contributed by atoms with Crippen molar-refractivity contribution in [3.8, 4) is 0 Å². The second-order valence-corrected chi connectivity index (χ2v) is 3.89. The van der Waals surface area contributed by atoms with Gasteiger partial charge in [0.25, 0.3) is 0 Å².